The first kappa shape index (κ1) is 26.4. The van der Waals surface area contributed by atoms with Crippen LogP contribution in [0.4, 0.5) is 5.82 Å². The number of fused-ring (bicyclic) bond motifs is 2. The molecule has 10 nitrogen and oxygen atoms in total. The highest BCUT2D eigenvalue weighted by molar-refractivity contribution is 6.29. The molecule has 1 amide bonds. The first-order valence-corrected chi connectivity index (χ1v) is 14.5. The molecule has 5 heterocycles. The molecule has 7 rings (SSSR count). The molecule has 4 aromatic heterocycles. The van der Waals surface area contributed by atoms with Gasteiger partial charge in [0.2, 0.25) is 5.91 Å². The van der Waals surface area contributed by atoms with Crippen LogP contribution in [0.25, 0.3) is 34.1 Å². The molecule has 1 aliphatic carbocycles. The Labute approximate surface area is 247 Å². The lowest BCUT2D eigenvalue weighted by Gasteiger charge is -2.33. The van der Waals surface area contributed by atoms with Gasteiger partial charge in [-0.3, -0.25) is 9.36 Å². The van der Waals surface area contributed by atoms with Crippen molar-refractivity contribution in [1.82, 2.24) is 39.5 Å². The number of rotatable bonds is 6. The maximum absolute atomic E-state index is 12.0. The fourth-order valence-corrected chi connectivity index (χ4v) is 6.27. The number of halogens is 1. The van der Waals surface area contributed by atoms with Crippen molar-refractivity contribution in [1.29, 1.82) is 0 Å². The number of nitrogens with zero attached hydrogens (tertiary/aromatic N) is 7. The summed E-state index contributed by atoms with van der Waals surface area (Å²) in [7, 11) is 0. The van der Waals surface area contributed by atoms with Gasteiger partial charge in [0, 0.05) is 43.3 Å². The summed E-state index contributed by atoms with van der Waals surface area (Å²) < 4.78 is 3.69. The number of pyridine rings is 2. The third kappa shape index (κ3) is 4.72. The second-order valence-corrected chi connectivity index (χ2v) is 11.1. The van der Waals surface area contributed by atoms with Gasteiger partial charge in [0.05, 0.1) is 5.56 Å². The van der Waals surface area contributed by atoms with E-state index in [1.165, 1.54) is 17.2 Å². The van der Waals surface area contributed by atoms with E-state index in [-0.39, 0.29) is 11.9 Å². The van der Waals surface area contributed by atoms with Crippen molar-refractivity contribution >= 4 is 34.5 Å². The van der Waals surface area contributed by atoms with Gasteiger partial charge in [-0.05, 0) is 85.4 Å². The summed E-state index contributed by atoms with van der Waals surface area (Å²) in [5, 5.41) is 8.58. The van der Waals surface area contributed by atoms with Gasteiger partial charge in [-0.15, -0.1) is 0 Å². The first-order valence-electron chi connectivity index (χ1n) is 14.1. The number of aryl methyl sites for hydroxylation is 1. The lowest BCUT2D eigenvalue weighted by Crippen LogP contribution is -2.45. The van der Waals surface area contributed by atoms with E-state index in [2.05, 4.69) is 40.2 Å². The van der Waals surface area contributed by atoms with Crippen LogP contribution in [0.1, 0.15) is 36.4 Å². The van der Waals surface area contributed by atoms with Gasteiger partial charge in [0.1, 0.15) is 11.3 Å². The Balaban J connectivity index is 1.24. The van der Waals surface area contributed by atoms with Crippen LogP contribution in [0.2, 0.25) is 5.15 Å². The highest BCUT2D eigenvalue weighted by Crippen LogP contribution is 2.36. The Bertz CT molecular complexity index is 1820. The van der Waals surface area contributed by atoms with Gasteiger partial charge < -0.3 is 16.0 Å². The first-order chi connectivity index (χ1) is 20.5. The monoisotopic (exact) mass is 579 g/mol. The number of nitrogen functional groups attached to an aromatic ring is 1. The maximum atomic E-state index is 12.0. The minimum atomic E-state index is 0.0154. The average molecular weight is 580 g/mol. The highest BCUT2D eigenvalue weighted by atomic mass is 35.5. The van der Waals surface area contributed by atoms with Crippen LogP contribution in [0.3, 0.4) is 0 Å². The third-order valence-electron chi connectivity index (χ3n) is 8.24. The Hall–Kier alpha value is -4.54. The molecule has 0 saturated carbocycles. The number of nitrogens with two attached hydrogens (primary N) is 1. The topological polar surface area (TPSA) is 120 Å². The molecule has 0 bridgehead atoms. The molecule has 1 unspecified atom stereocenters. The number of likely N-dealkylation sites (tertiary alicyclic amines) is 1. The molecule has 1 aliphatic heterocycles. The largest absolute Gasteiger partial charge is 0.383 e. The van der Waals surface area contributed by atoms with Gasteiger partial charge in [-0.25, -0.2) is 19.6 Å². The van der Waals surface area contributed by atoms with E-state index in [0.717, 1.165) is 55.5 Å². The molecule has 212 valence electrons. The van der Waals surface area contributed by atoms with Crippen LogP contribution in [0.15, 0.2) is 73.6 Å². The SMILES string of the molecule is C=CC(=O)N1CCC(NC2CCc3cc(-n4c(-c5cccnc5N)nc5ccc(-n6ccc(Cl)n6)nc54)ccc32)CC1. The lowest BCUT2D eigenvalue weighted by molar-refractivity contribution is -0.127. The molecule has 2 aliphatic rings. The summed E-state index contributed by atoms with van der Waals surface area (Å²) in [6, 6.07) is 16.5. The van der Waals surface area contributed by atoms with E-state index >= 15 is 0 Å². The predicted octanol–water partition coefficient (Wildman–Crippen LogP) is 4.66. The van der Waals surface area contributed by atoms with Gasteiger partial charge in [0.25, 0.3) is 0 Å². The minimum absolute atomic E-state index is 0.0154. The molecular formula is C31H30ClN9O. The summed E-state index contributed by atoms with van der Waals surface area (Å²) in [6.45, 7) is 5.13. The van der Waals surface area contributed by atoms with Crippen molar-refractivity contribution in [3.63, 3.8) is 0 Å². The Morgan fingerprint density at radius 2 is 1.95 bits per heavy atom. The number of hydrogen-bond acceptors (Lipinski definition) is 7. The standard InChI is InChI=1S/C31H30ClN9O/c1-2-28(42)39-15-11-20(12-16-39)35-24-8-5-19-18-21(6-7-22(19)24)41-30(23-4-3-14-34-29(23)33)36-25-9-10-27(37-31(25)41)40-17-13-26(32)38-40/h2-4,6-7,9-10,13-14,17-18,20,24,35H,1,5,8,11-12,15-16H2,(H2,33,34). The number of nitrogens with one attached hydrogen (secondary N) is 1. The van der Waals surface area contributed by atoms with Crippen molar-refractivity contribution < 1.29 is 4.79 Å². The van der Waals surface area contributed by atoms with Crippen LogP contribution in [-0.4, -0.2) is 59.2 Å². The number of carbonyl (C=O) groups excluding carboxylic acids is 1. The molecule has 42 heavy (non-hydrogen) atoms. The van der Waals surface area contributed by atoms with Crippen molar-refractivity contribution in [3.8, 4) is 22.9 Å². The fraction of sp³-hybridized carbons (Fsp3) is 0.258. The molecule has 5 aromatic rings. The van der Waals surface area contributed by atoms with Gasteiger partial charge in [-0.1, -0.05) is 24.2 Å². The number of imidazole rings is 1. The van der Waals surface area contributed by atoms with Gasteiger partial charge >= 0.3 is 0 Å². The van der Waals surface area contributed by atoms with Crippen LogP contribution in [-0.2, 0) is 11.2 Å². The molecule has 0 radical (unpaired) electrons. The Morgan fingerprint density at radius 1 is 1.10 bits per heavy atom. The number of benzene rings is 1. The van der Waals surface area contributed by atoms with Crippen molar-refractivity contribution in [3.05, 3.63) is 89.9 Å². The van der Waals surface area contributed by atoms with Gasteiger partial charge in [0.15, 0.2) is 22.4 Å². The second-order valence-electron chi connectivity index (χ2n) is 10.7. The van der Waals surface area contributed by atoms with E-state index in [0.29, 0.717) is 34.3 Å². The zero-order valence-electron chi connectivity index (χ0n) is 22.9. The van der Waals surface area contributed by atoms with Crippen LogP contribution in [0.5, 0.6) is 0 Å². The Morgan fingerprint density at radius 3 is 2.71 bits per heavy atom. The summed E-state index contributed by atoms with van der Waals surface area (Å²) in [4.78, 5) is 28.1. The third-order valence-corrected chi connectivity index (χ3v) is 8.44. The summed E-state index contributed by atoms with van der Waals surface area (Å²) in [6.07, 6.45) is 8.73. The molecule has 1 fully saturated rings. The number of aromatic nitrogens is 6. The molecule has 1 atom stereocenters. The number of amides is 1. The molecule has 0 spiro atoms. The molecule has 11 heteroatoms. The number of anilines is 1. The van der Waals surface area contributed by atoms with E-state index < -0.39 is 0 Å². The smallest absolute Gasteiger partial charge is 0.245 e. The molecular weight excluding hydrogens is 550 g/mol. The maximum Gasteiger partial charge on any atom is 0.245 e. The molecule has 1 saturated heterocycles. The number of hydrogen-bond donors (Lipinski definition) is 2. The average Bonchev–Trinajstić information content (AvgIpc) is 3.73. The van der Waals surface area contributed by atoms with Crippen LogP contribution in [0, 0.1) is 0 Å². The van der Waals surface area contributed by atoms with Crippen molar-refractivity contribution in [2.75, 3.05) is 18.8 Å². The predicted molar refractivity (Wildman–Crippen MR) is 163 cm³/mol. The normalized spacial score (nSPS) is 17.1. The summed E-state index contributed by atoms with van der Waals surface area (Å²) in [5.74, 6) is 1.72. The second kappa shape index (κ2) is 10.7. The molecule has 1 aromatic carbocycles. The van der Waals surface area contributed by atoms with E-state index in [9.17, 15) is 4.79 Å². The van der Waals surface area contributed by atoms with Crippen molar-refractivity contribution in [2.45, 2.75) is 37.8 Å². The number of carbonyl (C=O) groups is 1. The fourth-order valence-electron chi connectivity index (χ4n) is 6.13. The van der Waals surface area contributed by atoms with E-state index in [1.807, 2.05) is 33.7 Å². The summed E-state index contributed by atoms with van der Waals surface area (Å²) in [5.41, 5.74) is 12.0. The zero-order valence-corrected chi connectivity index (χ0v) is 23.7. The van der Waals surface area contributed by atoms with Crippen molar-refractivity contribution in [2.24, 2.45) is 0 Å². The Kier molecular flexibility index (Phi) is 6.72. The van der Waals surface area contributed by atoms with Crippen LogP contribution >= 0.6 is 11.6 Å². The van der Waals surface area contributed by atoms with Crippen LogP contribution < -0.4 is 11.1 Å². The number of piperidine rings is 1. The zero-order chi connectivity index (χ0) is 28.8. The summed E-state index contributed by atoms with van der Waals surface area (Å²) >= 11 is 6.09. The van der Waals surface area contributed by atoms with E-state index in [1.54, 1.807) is 23.1 Å². The lowest BCUT2D eigenvalue weighted by atomic mass is 10.0. The quantitative estimate of drug-likeness (QED) is 0.281. The minimum Gasteiger partial charge on any atom is -0.383 e. The molecule has 3 N–H and O–H groups in total. The van der Waals surface area contributed by atoms with Gasteiger partial charge in [-0.2, -0.15) is 5.10 Å². The highest BCUT2D eigenvalue weighted by Gasteiger charge is 2.29. The van der Waals surface area contributed by atoms with E-state index in [4.69, 9.17) is 27.3 Å².